The van der Waals surface area contributed by atoms with Gasteiger partial charge in [-0.05, 0) is 36.6 Å². The van der Waals surface area contributed by atoms with Gasteiger partial charge in [0.25, 0.3) is 0 Å². The van der Waals surface area contributed by atoms with E-state index in [1.54, 1.807) is 23.1 Å². The maximum atomic E-state index is 12.4. The Labute approximate surface area is 162 Å². The number of nitrogens with zero attached hydrogens (tertiary/aromatic N) is 1. The molecule has 4 rings (SSSR count). The number of thiazole rings is 1. The third-order valence-electron chi connectivity index (χ3n) is 4.82. The van der Waals surface area contributed by atoms with Crippen molar-refractivity contribution in [2.75, 3.05) is 5.32 Å². The Hall–Kier alpha value is -1.85. The summed E-state index contributed by atoms with van der Waals surface area (Å²) in [6.45, 7) is 0. The topological polar surface area (TPSA) is 42.0 Å². The molecule has 0 spiro atoms. The quantitative estimate of drug-likeness (QED) is 0.542. The number of carbonyl (C=O) groups excluding carboxylic acids is 1. The number of thioether (sulfide) groups is 1. The average molecular weight is 383 g/mol. The lowest BCUT2D eigenvalue weighted by atomic mass is 9.88. The first-order valence-electron chi connectivity index (χ1n) is 9.16. The molecule has 1 aliphatic carbocycles. The van der Waals surface area contributed by atoms with Crippen molar-refractivity contribution in [3.63, 3.8) is 0 Å². The van der Waals surface area contributed by atoms with Crippen molar-refractivity contribution >= 4 is 44.9 Å². The molecule has 0 aliphatic heterocycles. The smallest absolute Gasteiger partial charge is 0.227 e. The van der Waals surface area contributed by atoms with Gasteiger partial charge in [-0.1, -0.05) is 61.4 Å². The molecule has 1 fully saturated rings. The minimum absolute atomic E-state index is 0.173. The minimum atomic E-state index is 0.173. The highest BCUT2D eigenvalue weighted by Gasteiger charge is 2.21. The second-order valence-corrected chi connectivity index (χ2v) is 9.01. The summed E-state index contributed by atoms with van der Waals surface area (Å²) in [6, 6.07) is 16.5. The molecule has 1 aliphatic rings. The zero-order valence-electron chi connectivity index (χ0n) is 14.6. The number of benzene rings is 2. The molecule has 1 heterocycles. The number of carbonyl (C=O) groups is 1. The van der Waals surface area contributed by atoms with Crippen LogP contribution in [0.25, 0.3) is 10.2 Å². The summed E-state index contributed by atoms with van der Waals surface area (Å²) in [5.41, 5.74) is 3.19. The molecule has 1 amide bonds. The molecule has 5 heteroatoms. The molecule has 0 unspecified atom stereocenters. The molecule has 3 aromatic rings. The van der Waals surface area contributed by atoms with E-state index in [0.29, 0.717) is 0 Å². The van der Waals surface area contributed by atoms with Crippen molar-refractivity contribution in [1.82, 2.24) is 4.98 Å². The second kappa shape index (κ2) is 8.23. The monoisotopic (exact) mass is 382 g/mol. The Morgan fingerprint density at radius 3 is 2.73 bits per heavy atom. The number of nitrogens with one attached hydrogen (secondary N) is 1. The van der Waals surface area contributed by atoms with Gasteiger partial charge >= 0.3 is 0 Å². The highest BCUT2D eigenvalue weighted by atomic mass is 32.2. The molecule has 0 saturated heterocycles. The molecule has 1 saturated carbocycles. The zero-order chi connectivity index (χ0) is 17.8. The van der Waals surface area contributed by atoms with E-state index in [2.05, 4.69) is 35.6 Å². The van der Waals surface area contributed by atoms with E-state index in [0.717, 1.165) is 38.8 Å². The number of hydrogen-bond donors (Lipinski definition) is 1. The number of aromatic nitrogens is 1. The molecular formula is C21H22N2OS2. The summed E-state index contributed by atoms with van der Waals surface area (Å²) in [5.74, 6) is 1.27. The van der Waals surface area contributed by atoms with Gasteiger partial charge in [-0.3, -0.25) is 4.79 Å². The van der Waals surface area contributed by atoms with Crippen LogP contribution in [-0.4, -0.2) is 10.9 Å². The van der Waals surface area contributed by atoms with Gasteiger partial charge in [0.1, 0.15) is 0 Å². The van der Waals surface area contributed by atoms with Crippen LogP contribution in [0, 0.1) is 5.92 Å². The van der Waals surface area contributed by atoms with Gasteiger partial charge in [0.05, 0.1) is 10.2 Å². The first-order valence-corrected chi connectivity index (χ1v) is 11.0. The van der Waals surface area contributed by atoms with Crippen molar-refractivity contribution in [3.05, 3.63) is 54.1 Å². The molecule has 26 heavy (non-hydrogen) atoms. The van der Waals surface area contributed by atoms with Crippen LogP contribution in [0.15, 0.2) is 52.9 Å². The third-order valence-corrected chi connectivity index (χ3v) is 7.05. The van der Waals surface area contributed by atoms with Crippen molar-refractivity contribution in [2.24, 2.45) is 5.92 Å². The summed E-state index contributed by atoms with van der Waals surface area (Å²) < 4.78 is 2.20. The SMILES string of the molecule is O=C(Nc1ccc2nc(SCc3ccccc3)sc2c1)C1CCCCC1. The fraction of sp³-hybridized carbons (Fsp3) is 0.333. The first kappa shape index (κ1) is 17.6. The van der Waals surface area contributed by atoms with Gasteiger partial charge in [-0.2, -0.15) is 0 Å². The predicted octanol–water partition coefficient (Wildman–Crippen LogP) is 6.11. The first-order chi connectivity index (χ1) is 12.8. The fourth-order valence-corrected chi connectivity index (χ4v) is 5.43. The summed E-state index contributed by atoms with van der Waals surface area (Å²) in [6.07, 6.45) is 5.66. The molecule has 0 bridgehead atoms. The lowest BCUT2D eigenvalue weighted by molar-refractivity contribution is -0.120. The summed E-state index contributed by atoms with van der Waals surface area (Å²) >= 11 is 3.46. The molecule has 2 aromatic carbocycles. The van der Waals surface area contributed by atoms with Gasteiger partial charge in [0, 0.05) is 17.4 Å². The summed E-state index contributed by atoms with van der Waals surface area (Å²) in [5, 5.41) is 3.10. The van der Waals surface area contributed by atoms with E-state index in [9.17, 15) is 4.79 Å². The maximum absolute atomic E-state index is 12.4. The molecule has 1 aromatic heterocycles. The standard InChI is InChI=1S/C21H22N2OS2/c24-20(16-9-5-2-6-10-16)22-17-11-12-18-19(13-17)26-21(23-18)25-14-15-7-3-1-4-8-15/h1,3-4,7-8,11-13,16H,2,5-6,9-10,14H2,(H,22,24). The Morgan fingerprint density at radius 1 is 1.12 bits per heavy atom. The molecule has 0 radical (unpaired) electrons. The lowest BCUT2D eigenvalue weighted by Crippen LogP contribution is -2.24. The minimum Gasteiger partial charge on any atom is -0.326 e. The fourth-order valence-electron chi connectivity index (χ4n) is 3.37. The Bertz CT molecular complexity index is 885. The van der Waals surface area contributed by atoms with E-state index in [4.69, 9.17) is 4.98 Å². The summed E-state index contributed by atoms with van der Waals surface area (Å²) in [4.78, 5) is 17.1. The van der Waals surface area contributed by atoms with Crippen LogP contribution in [-0.2, 0) is 10.5 Å². The average Bonchev–Trinajstić information content (AvgIpc) is 3.10. The van der Waals surface area contributed by atoms with E-state index in [1.165, 1.54) is 24.8 Å². The Balaban J connectivity index is 1.42. The van der Waals surface area contributed by atoms with E-state index >= 15 is 0 Å². The number of fused-ring (bicyclic) bond motifs is 1. The Morgan fingerprint density at radius 2 is 1.92 bits per heavy atom. The largest absolute Gasteiger partial charge is 0.326 e. The van der Waals surface area contributed by atoms with Crippen molar-refractivity contribution in [2.45, 2.75) is 42.2 Å². The predicted molar refractivity (Wildman–Crippen MR) is 111 cm³/mol. The van der Waals surface area contributed by atoms with Crippen LogP contribution in [0.5, 0.6) is 0 Å². The molecule has 1 N–H and O–H groups in total. The van der Waals surface area contributed by atoms with Crippen molar-refractivity contribution in [1.29, 1.82) is 0 Å². The normalized spacial score (nSPS) is 15.2. The number of rotatable bonds is 5. The third kappa shape index (κ3) is 4.27. The Kier molecular flexibility index (Phi) is 5.56. The zero-order valence-corrected chi connectivity index (χ0v) is 16.2. The number of hydrogen-bond acceptors (Lipinski definition) is 4. The molecule has 134 valence electrons. The number of amides is 1. The van der Waals surface area contributed by atoms with Crippen LogP contribution in [0.4, 0.5) is 5.69 Å². The number of anilines is 1. The van der Waals surface area contributed by atoms with Crippen LogP contribution in [0.2, 0.25) is 0 Å². The van der Waals surface area contributed by atoms with E-state index < -0.39 is 0 Å². The molecular weight excluding hydrogens is 360 g/mol. The van der Waals surface area contributed by atoms with E-state index in [-0.39, 0.29) is 11.8 Å². The highest BCUT2D eigenvalue weighted by Crippen LogP contribution is 2.33. The van der Waals surface area contributed by atoms with Crippen LogP contribution >= 0.6 is 23.1 Å². The highest BCUT2D eigenvalue weighted by molar-refractivity contribution is 8.00. The van der Waals surface area contributed by atoms with Crippen LogP contribution in [0.3, 0.4) is 0 Å². The molecule has 3 nitrogen and oxygen atoms in total. The van der Waals surface area contributed by atoms with Gasteiger partial charge in [-0.25, -0.2) is 4.98 Å². The lowest BCUT2D eigenvalue weighted by Gasteiger charge is -2.20. The maximum Gasteiger partial charge on any atom is 0.227 e. The van der Waals surface area contributed by atoms with Crippen molar-refractivity contribution < 1.29 is 4.79 Å². The summed E-state index contributed by atoms with van der Waals surface area (Å²) in [7, 11) is 0. The van der Waals surface area contributed by atoms with Gasteiger partial charge in [0.15, 0.2) is 4.34 Å². The van der Waals surface area contributed by atoms with Crippen LogP contribution in [0.1, 0.15) is 37.7 Å². The molecule has 0 atom stereocenters. The van der Waals surface area contributed by atoms with Crippen molar-refractivity contribution in [3.8, 4) is 0 Å². The van der Waals surface area contributed by atoms with Crippen LogP contribution < -0.4 is 5.32 Å². The van der Waals surface area contributed by atoms with E-state index in [1.807, 2.05) is 18.2 Å². The second-order valence-electron chi connectivity index (χ2n) is 6.76. The van der Waals surface area contributed by atoms with Gasteiger partial charge in [0.2, 0.25) is 5.91 Å². The van der Waals surface area contributed by atoms with Gasteiger partial charge < -0.3 is 5.32 Å². The van der Waals surface area contributed by atoms with Gasteiger partial charge in [-0.15, -0.1) is 11.3 Å².